The van der Waals surface area contributed by atoms with Gasteiger partial charge in [0.15, 0.2) is 0 Å². The van der Waals surface area contributed by atoms with Crippen molar-refractivity contribution in [3.8, 4) is 11.1 Å². The van der Waals surface area contributed by atoms with Gasteiger partial charge in [0.25, 0.3) is 0 Å². The van der Waals surface area contributed by atoms with Crippen LogP contribution >= 0.6 is 11.6 Å². The van der Waals surface area contributed by atoms with Crippen molar-refractivity contribution in [3.63, 3.8) is 0 Å². The molecule has 0 aliphatic heterocycles. The van der Waals surface area contributed by atoms with E-state index in [1.165, 1.54) is 0 Å². The maximum absolute atomic E-state index is 11.0. The van der Waals surface area contributed by atoms with Crippen molar-refractivity contribution < 1.29 is 9.90 Å². The molecule has 0 fully saturated rings. The van der Waals surface area contributed by atoms with Crippen LogP contribution in [0.1, 0.15) is 16.1 Å². The van der Waals surface area contributed by atoms with E-state index < -0.39 is 5.97 Å². The number of pyridine rings is 1. The monoisotopic (exact) mass is 247 g/mol. The molecule has 1 heterocycles. The highest BCUT2D eigenvalue weighted by molar-refractivity contribution is 6.33. The molecule has 0 aliphatic carbocycles. The van der Waals surface area contributed by atoms with Crippen molar-refractivity contribution in [1.29, 1.82) is 0 Å². The number of carboxylic acid groups (broad SMARTS) is 1. The van der Waals surface area contributed by atoms with E-state index in [0.29, 0.717) is 0 Å². The summed E-state index contributed by atoms with van der Waals surface area (Å²) < 4.78 is 0. The third-order valence-corrected chi connectivity index (χ3v) is 2.77. The number of halogens is 1. The van der Waals surface area contributed by atoms with Crippen LogP contribution in [0.3, 0.4) is 0 Å². The molecule has 0 unspecified atom stereocenters. The fraction of sp³-hybridized carbons (Fsp3) is 0.0769. The lowest BCUT2D eigenvalue weighted by molar-refractivity contribution is 0.0697. The molecule has 17 heavy (non-hydrogen) atoms. The van der Waals surface area contributed by atoms with Crippen LogP contribution in [-0.4, -0.2) is 16.1 Å². The first-order valence-corrected chi connectivity index (χ1v) is 5.41. The Morgan fingerprint density at radius 1 is 1.24 bits per heavy atom. The van der Waals surface area contributed by atoms with Crippen LogP contribution in [0.15, 0.2) is 36.5 Å². The number of carboxylic acids is 1. The summed E-state index contributed by atoms with van der Waals surface area (Å²) in [5.74, 6) is -1.03. The molecular weight excluding hydrogens is 238 g/mol. The number of rotatable bonds is 2. The van der Waals surface area contributed by atoms with Crippen molar-refractivity contribution >= 4 is 17.6 Å². The second kappa shape index (κ2) is 4.55. The van der Waals surface area contributed by atoms with E-state index in [9.17, 15) is 4.79 Å². The second-order valence-electron chi connectivity index (χ2n) is 3.69. The molecule has 0 bridgehead atoms. The molecule has 0 saturated carbocycles. The minimum atomic E-state index is -1.03. The Hall–Kier alpha value is -1.87. The minimum Gasteiger partial charge on any atom is -0.478 e. The van der Waals surface area contributed by atoms with Crippen molar-refractivity contribution in [3.05, 3.63) is 52.8 Å². The van der Waals surface area contributed by atoms with Gasteiger partial charge in [-0.1, -0.05) is 23.7 Å². The fourth-order valence-corrected chi connectivity index (χ4v) is 1.71. The summed E-state index contributed by atoms with van der Waals surface area (Å²) in [6.07, 6.45) is 1.71. The van der Waals surface area contributed by atoms with E-state index in [4.69, 9.17) is 16.7 Å². The lowest BCUT2D eigenvalue weighted by Gasteiger charge is -2.04. The van der Waals surface area contributed by atoms with E-state index in [1.54, 1.807) is 24.4 Å². The summed E-state index contributed by atoms with van der Waals surface area (Å²) in [6.45, 7) is 1.90. The smallest absolute Gasteiger partial charge is 0.337 e. The lowest BCUT2D eigenvalue weighted by Crippen LogP contribution is -1.97. The number of hydrogen-bond donors (Lipinski definition) is 1. The van der Waals surface area contributed by atoms with Gasteiger partial charge in [0.2, 0.25) is 0 Å². The Morgan fingerprint density at radius 3 is 2.53 bits per heavy atom. The third kappa shape index (κ3) is 2.45. The number of aryl methyl sites for hydroxylation is 1. The Kier molecular flexibility index (Phi) is 3.11. The second-order valence-corrected chi connectivity index (χ2v) is 4.10. The van der Waals surface area contributed by atoms with Crippen LogP contribution in [0.5, 0.6) is 0 Å². The Morgan fingerprint density at radius 2 is 1.94 bits per heavy atom. The van der Waals surface area contributed by atoms with Crippen LogP contribution < -0.4 is 0 Å². The molecule has 1 aromatic heterocycles. The van der Waals surface area contributed by atoms with Gasteiger partial charge in [-0.3, -0.25) is 4.98 Å². The zero-order valence-corrected chi connectivity index (χ0v) is 9.90. The Labute approximate surface area is 104 Å². The number of benzene rings is 1. The average Bonchev–Trinajstić information content (AvgIpc) is 2.30. The molecule has 0 spiro atoms. The molecule has 0 amide bonds. The molecule has 2 aromatic rings. The zero-order valence-electron chi connectivity index (χ0n) is 9.14. The van der Waals surface area contributed by atoms with Crippen LogP contribution in [-0.2, 0) is 0 Å². The van der Waals surface area contributed by atoms with Gasteiger partial charge in [-0.2, -0.15) is 0 Å². The fourth-order valence-electron chi connectivity index (χ4n) is 1.51. The predicted molar refractivity (Wildman–Crippen MR) is 66.4 cm³/mol. The highest BCUT2D eigenvalue weighted by Gasteiger charge is 2.10. The van der Waals surface area contributed by atoms with Crippen molar-refractivity contribution in [2.45, 2.75) is 6.92 Å². The van der Waals surface area contributed by atoms with Gasteiger partial charge in [0, 0.05) is 17.5 Å². The van der Waals surface area contributed by atoms with Crippen molar-refractivity contribution in [2.24, 2.45) is 0 Å². The van der Waals surface area contributed by atoms with Gasteiger partial charge in [-0.25, -0.2) is 4.79 Å². The van der Waals surface area contributed by atoms with E-state index in [2.05, 4.69) is 4.98 Å². The molecule has 0 atom stereocenters. The lowest BCUT2D eigenvalue weighted by atomic mass is 10.0. The van der Waals surface area contributed by atoms with Crippen LogP contribution in [0.25, 0.3) is 11.1 Å². The van der Waals surface area contributed by atoms with E-state index >= 15 is 0 Å². The quantitative estimate of drug-likeness (QED) is 0.885. The minimum absolute atomic E-state index is 0.102. The van der Waals surface area contributed by atoms with Gasteiger partial charge in [-0.05, 0) is 30.7 Å². The molecule has 0 aliphatic rings. The van der Waals surface area contributed by atoms with E-state index in [-0.39, 0.29) is 10.6 Å². The first-order valence-electron chi connectivity index (χ1n) is 5.04. The molecule has 1 N–H and O–H groups in total. The first-order chi connectivity index (χ1) is 8.08. The maximum atomic E-state index is 11.0. The first kappa shape index (κ1) is 11.6. The summed E-state index contributed by atoms with van der Waals surface area (Å²) in [5, 5.41) is 9.22. The molecule has 86 valence electrons. The predicted octanol–water partition coefficient (Wildman–Crippen LogP) is 3.41. The van der Waals surface area contributed by atoms with Crippen LogP contribution in [0.2, 0.25) is 5.02 Å². The highest BCUT2D eigenvalue weighted by Crippen LogP contribution is 2.24. The molecule has 4 heteroatoms. The number of aromatic carboxylic acids is 1. The largest absolute Gasteiger partial charge is 0.478 e. The number of nitrogens with zero attached hydrogens (tertiary/aromatic N) is 1. The van der Waals surface area contributed by atoms with Gasteiger partial charge in [-0.15, -0.1) is 0 Å². The number of carbonyl (C=O) groups is 1. The zero-order chi connectivity index (χ0) is 12.4. The summed E-state index contributed by atoms with van der Waals surface area (Å²) in [7, 11) is 0. The normalized spacial score (nSPS) is 10.2. The van der Waals surface area contributed by atoms with Crippen molar-refractivity contribution in [1.82, 2.24) is 4.98 Å². The van der Waals surface area contributed by atoms with Crippen LogP contribution in [0.4, 0.5) is 0 Å². The number of aromatic nitrogens is 1. The van der Waals surface area contributed by atoms with Crippen LogP contribution in [0, 0.1) is 6.92 Å². The SMILES string of the molecule is Cc1ccc(-c2ccc(Cl)c(C(=O)O)c2)cn1. The molecule has 3 nitrogen and oxygen atoms in total. The van der Waals surface area contributed by atoms with E-state index in [0.717, 1.165) is 16.8 Å². The maximum Gasteiger partial charge on any atom is 0.337 e. The van der Waals surface area contributed by atoms with Gasteiger partial charge in [0.1, 0.15) is 0 Å². The number of hydrogen-bond acceptors (Lipinski definition) is 2. The van der Waals surface area contributed by atoms with Crippen molar-refractivity contribution in [2.75, 3.05) is 0 Å². The summed E-state index contributed by atoms with van der Waals surface area (Å²) in [4.78, 5) is 15.1. The van der Waals surface area contributed by atoms with E-state index in [1.807, 2.05) is 19.1 Å². The van der Waals surface area contributed by atoms with Gasteiger partial charge >= 0.3 is 5.97 Å². The topological polar surface area (TPSA) is 50.2 Å². The van der Waals surface area contributed by atoms with Gasteiger partial charge < -0.3 is 5.11 Å². The third-order valence-electron chi connectivity index (χ3n) is 2.44. The molecule has 1 aromatic carbocycles. The summed E-state index contributed by atoms with van der Waals surface area (Å²) in [5.41, 5.74) is 2.68. The molecular formula is C13H10ClNO2. The Bertz CT molecular complexity index is 564. The Balaban J connectivity index is 2.50. The molecule has 0 radical (unpaired) electrons. The average molecular weight is 248 g/mol. The standard InChI is InChI=1S/C13H10ClNO2/c1-8-2-3-10(7-15-8)9-4-5-12(14)11(6-9)13(16)17/h2-7H,1H3,(H,16,17). The molecule has 0 saturated heterocycles. The highest BCUT2D eigenvalue weighted by atomic mass is 35.5. The summed E-state index contributed by atoms with van der Waals surface area (Å²) >= 11 is 5.81. The molecule has 2 rings (SSSR count). The van der Waals surface area contributed by atoms with Gasteiger partial charge in [0.05, 0.1) is 10.6 Å². The summed E-state index contributed by atoms with van der Waals surface area (Å²) in [6, 6.07) is 8.69.